The van der Waals surface area contributed by atoms with Crippen molar-refractivity contribution in [2.45, 2.75) is 39.7 Å². The number of hydrogen-bond acceptors (Lipinski definition) is 5. The van der Waals surface area contributed by atoms with Gasteiger partial charge in [-0.3, -0.25) is 4.79 Å². The van der Waals surface area contributed by atoms with Crippen LogP contribution in [0.3, 0.4) is 0 Å². The standard InChI is InChI=1S/C18H25N5O2/c1-3-11-25-16-8-6-15(7-9-16)18-19-21-23(20-18)13-17(24)22-10-4-5-14(2)12-22/h6-9,14H,3-5,10-13H2,1-2H3/t14-/m0/s1. The second-order valence-electron chi connectivity index (χ2n) is 6.60. The third-order valence-corrected chi connectivity index (χ3v) is 4.32. The molecule has 1 aromatic heterocycles. The van der Waals surface area contributed by atoms with Crippen LogP contribution in [-0.4, -0.2) is 50.7 Å². The van der Waals surface area contributed by atoms with E-state index in [2.05, 4.69) is 29.3 Å². The Kier molecular flexibility index (Phi) is 5.63. The molecule has 7 heteroatoms. The number of rotatable bonds is 6. The molecule has 1 saturated heterocycles. The molecule has 1 aliphatic rings. The van der Waals surface area contributed by atoms with Crippen LogP contribution in [0.5, 0.6) is 5.75 Å². The zero-order valence-electron chi connectivity index (χ0n) is 14.9. The van der Waals surface area contributed by atoms with Gasteiger partial charge in [-0.1, -0.05) is 13.8 Å². The minimum atomic E-state index is 0.0545. The van der Waals surface area contributed by atoms with E-state index in [0.29, 0.717) is 18.3 Å². The molecule has 7 nitrogen and oxygen atoms in total. The van der Waals surface area contributed by atoms with E-state index in [0.717, 1.165) is 37.2 Å². The fourth-order valence-corrected chi connectivity index (χ4v) is 2.98. The van der Waals surface area contributed by atoms with Gasteiger partial charge in [-0.05, 0) is 54.7 Å². The highest BCUT2D eigenvalue weighted by Gasteiger charge is 2.21. The van der Waals surface area contributed by atoms with Crippen LogP contribution in [0.15, 0.2) is 24.3 Å². The summed E-state index contributed by atoms with van der Waals surface area (Å²) < 4.78 is 5.57. The first-order chi connectivity index (χ1) is 12.2. The molecule has 0 spiro atoms. The third kappa shape index (κ3) is 4.55. The van der Waals surface area contributed by atoms with Crippen molar-refractivity contribution in [2.24, 2.45) is 5.92 Å². The lowest BCUT2D eigenvalue weighted by Crippen LogP contribution is -2.41. The average molecular weight is 343 g/mol. The molecule has 1 amide bonds. The van der Waals surface area contributed by atoms with Gasteiger partial charge in [-0.15, -0.1) is 10.2 Å². The minimum absolute atomic E-state index is 0.0545. The van der Waals surface area contributed by atoms with Gasteiger partial charge < -0.3 is 9.64 Å². The lowest BCUT2D eigenvalue weighted by atomic mass is 10.0. The first-order valence-corrected chi connectivity index (χ1v) is 8.94. The van der Waals surface area contributed by atoms with Gasteiger partial charge in [-0.2, -0.15) is 4.80 Å². The van der Waals surface area contributed by atoms with Crippen molar-refractivity contribution in [3.8, 4) is 17.1 Å². The van der Waals surface area contributed by atoms with E-state index < -0.39 is 0 Å². The molecule has 1 aromatic carbocycles. The molecule has 0 unspecified atom stereocenters. The molecule has 1 atom stereocenters. The molecule has 2 heterocycles. The highest BCUT2D eigenvalue weighted by molar-refractivity contribution is 5.75. The van der Waals surface area contributed by atoms with Crippen molar-refractivity contribution >= 4 is 5.91 Å². The summed E-state index contributed by atoms with van der Waals surface area (Å²) in [5, 5.41) is 12.4. The molecule has 1 fully saturated rings. The Morgan fingerprint density at radius 1 is 1.32 bits per heavy atom. The van der Waals surface area contributed by atoms with E-state index in [4.69, 9.17) is 4.74 Å². The van der Waals surface area contributed by atoms with Gasteiger partial charge >= 0.3 is 0 Å². The Balaban J connectivity index is 1.61. The second kappa shape index (κ2) is 8.09. The van der Waals surface area contributed by atoms with E-state index in [1.807, 2.05) is 29.2 Å². The summed E-state index contributed by atoms with van der Waals surface area (Å²) in [6.45, 7) is 6.73. The van der Waals surface area contributed by atoms with Crippen LogP contribution < -0.4 is 4.74 Å². The quantitative estimate of drug-likeness (QED) is 0.805. The number of nitrogens with zero attached hydrogens (tertiary/aromatic N) is 5. The third-order valence-electron chi connectivity index (χ3n) is 4.32. The Hall–Kier alpha value is -2.44. The molecule has 0 radical (unpaired) electrons. The number of benzene rings is 1. The number of aromatic nitrogens is 4. The van der Waals surface area contributed by atoms with E-state index >= 15 is 0 Å². The van der Waals surface area contributed by atoms with Gasteiger partial charge in [0.1, 0.15) is 12.3 Å². The molecule has 0 bridgehead atoms. The fraction of sp³-hybridized carbons (Fsp3) is 0.556. The number of hydrogen-bond donors (Lipinski definition) is 0. The summed E-state index contributed by atoms with van der Waals surface area (Å²) in [5.74, 6) is 1.96. The largest absolute Gasteiger partial charge is 0.494 e. The Bertz CT molecular complexity index is 698. The van der Waals surface area contributed by atoms with Crippen LogP contribution in [0.4, 0.5) is 0 Å². The van der Waals surface area contributed by atoms with Gasteiger partial charge in [0.2, 0.25) is 11.7 Å². The number of carbonyl (C=O) groups is 1. The molecule has 25 heavy (non-hydrogen) atoms. The number of piperidine rings is 1. The summed E-state index contributed by atoms with van der Waals surface area (Å²) in [5.41, 5.74) is 0.856. The smallest absolute Gasteiger partial charge is 0.246 e. The number of ether oxygens (including phenoxy) is 1. The summed E-state index contributed by atoms with van der Waals surface area (Å²) in [6, 6.07) is 7.60. The summed E-state index contributed by atoms with van der Waals surface area (Å²) >= 11 is 0. The lowest BCUT2D eigenvalue weighted by Gasteiger charge is -2.30. The van der Waals surface area contributed by atoms with Crippen LogP contribution in [0.25, 0.3) is 11.4 Å². The van der Waals surface area contributed by atoms with E-state index in [9.17, 15) is 4.79 Å². The highest BCUT2D eigenvalue weighted by Crippen LogP contribution is 2.19. The number of amides is 1. The molecule has 3 rings (SSSR count). The average Bonchev–Trinajstić information content (AvgIpc) is 3.09. The van der Waals surface area contributed by atoms with Gasteiger partial charge in [0.05, 0.1) is 6.61 Å². The van der Waals surface area contributed by atoms with Gasteiger partial charge in [-0.25, -0.2) is 0 Å². The van der Waals surface area contributed by atoms with Crippen LogP contribution >= 0.6 is 0 Å². The molecule has 134 valence electrons. The van der Waals surface area contributed by atoms with E-state index in [1.54, 1.807) is 0 Å². The maximum absolute atomic E-state index is 12.4. The lowest BCUT2D eigenvalue weighted by molar-refractivity contribution is -0.134. The predicted molar refractivity (Wildman–Crippen MR) is 94.0 cm³/mol. The zero-order chi connectivity index (χ0) is 17.6. The van der Waals surface area contributed by atoms with Crippen LogP contribution in [0.2, 0.25) is 0 Å². The number of tetrazole rings is 1. The van der Waals surface area contributed by atoms with Gasteiger partial charge in [0.15, 0.2) is 0 Å². The molecular formula is C18H25N5O2. The number of carbonyl (C=O) groups excluding carboxylic acids is 1. The second-order valence-corrected chi connectivity index (χ2v) is 6.60. The monoisotopic (exact) mass is 343 g/mol. The first-order valence-electron chi connectivity index (χ1n) is 8.94. The Morgan fingerprint density at radius 2 is 2.12 bits per heavy atom. The Labute approximate surface area is 148 Å². The maximum Gasteiger partial charge on any atom is 0.246 e. The van der Waals surface area contributed by atoms with Crippen molar-refractivity contribution < 1.29 is 9.53 Å². The van der Waals surface area contributed by atoms with Crippen LogP contribution in [0.1, 0.15) is 33.1 Å². The first kappa shape index (κ1) is 17.4. The fourth-order valence-electron chi connectivity index (χ4n) is 2.98. The summed E-state index contributed by atoms with van der Waals surface area (Å²) in [4.78, 5) is 15.7. The topological polar surface area (TPSA) is 73.1 Å². The minimum Gasteiger partial charge on any atom is -0.494 e. The molecule has 0 aliphatic carbocycles. The van der Waals surface area contributed by atoms with Gasteiger partial charge in [0, 0.05) is 18.7 Å². The zero-order valence-corrected chi connectivity index (χ0v) is 14.9. The molecular weight excluding hydrogens is 318 g/mol. The summed E-state index contributed by atoms with van der Waals surface area (Å²) in [6.07, 6.45) is 3.23. The highest BCUT2D eigenvalue weighted by atomic mass is 16.5. The molecule has 0 N–H and O–H groups in total. The van der Waals surface area contributed by atoms with Crippen LogP contribution in [-0.2, 0) is 11.3 Å². The van der Waals surface area contributed by atoms with Gasteiger partial charge in [0.25, 0.3) is 0 Å². The van der Waals surface area contributed by atoms with Crippen molar-refractivity contribution in [3.05, 3.63) is 24.3 Å². The Morgan fingerprint density at radius 3 is 2.84 bits per heavy atom. The predicted octanol–water partition coefficient (Wildman–Crippen LogP) is 2.39. The van der Waals surface area contributed by atoms with Crippen molar-refractivity contribution in [2.75, 3.05) is 19.7 Å². The van der Waals surface area contributed by atoms with E-state index in [1.165, 1.54) is 11.2 Å². The maximum atomic E-state index is 12.4. The van der Waals surface area contributed by atoms with Crippen molar-refractivity contribution in [1.82, 2.24) is 25.1 Å². The molecule has 1 aliphatic heterocycles. The van der Waals surface area contributed by atoms with E-state index in [-0.39, 0.29) is 12.5 Å². The molecule has 0 saturated carbocycles. The number of likely N-dealkylation sites (tertiary alicyclic amines) is 1. The normalized spacial score (nSPS) is 17.5. The van der Waals surface area contributed by atoms with Crippen LogP contribution in [0, 0.1) is 5.92 Å². The van der Waals surface area contributed by atoms with Crippen molar-refractivity contribution in [3.63, 3.8) is 0 Å². The molecule has 2 aromatic rings. The SMILES string of the molecule is CCCOc1ccc(-c2nnn(CC(=O)N3CCC[C@H](C)C3)n2)cc1. The van der Waals surface area contributed by atoms with Crippen molar-refractivity contribution in [1.29, 1.82) is 0 Å². The summed E-state index contributed by atoms with van der Waals surface area (Å²) in [7, 11) is 0.